The van der Waals surface area contributed by atoms with Crippen molar-refractivity contribution in [1.29, 1.82) is 0 Å². The van der Waals surface area contributed by atoms with E-state index >= 15 is 0 Å². The van der Waals surface area contributed by atoms with Gasteiger partial charge in [0.05, 0.1) is 18.1 Å². The molecule has 0 aliphatic rings. The summed E-state index contributed by atoms with van der Waals surface area (Å²) in [6.45, 7) is 1.75. The van der Waals surface area contributed by atoms with Crippen LogP contribution in [0.1, 0.15) is 23.7 Å². The second-order valence-electron chi connectivity index (χ2n) is 4.26. The first-order valence-corrected chi connectivity index (χ1v) is 6.20. The van der Waals surface area contributed by atoms with E-state index in [0.29, 0.717) is 6.42 Å². The van der Waals surface area contributed by atoms with Crippen LogP contribution in [0.15, 0.2) is 18.2 Å². The van der Waals surface area contributed by atoms with Crippen molar-refractivity contribution < 1.29 is 23.6 Å². The predicted molar refractivity (Wildman–Crippen MR) is 71.3 cm³/mol. The number of nitro benzene ring substituents is 1. The molecule has 0 aliphatic heterocycles. The zero-order chi connectivity index (χ0) is 16.0. The summed E-state index contributed by atoms with van der Waals surface area (Å²) in [5.74, 6) is -2.17. The number of nitrogens with zero attached hydrogens (tertiary/aromatic N) is 2. The van der Waals surface area contributed by atoms with E-state index in [1.807, 2.05) is 0 Å². The summed E-state index contributed by atoms with van der Waals surface area (Å²) in [5, 5.41) is 10.7. The molecule has 114 valence electrons. The molecule has 1 rings (SSSR count). The van der Waals surface area contributed by atoms with E-state index in [2.05, 4.69) is 4.74 Å². The second-order valence-corrected chi connectivity index (χ2v) is 4.26. The molecule has 0 saturated carbocycles. The Balaban J connectivity index is 3.08. The van der Waals surface area contributed by atoms with E-state index in [4.69, 9.17) is 0 Å². The summed E-state index contributed by atoms with van der Waals surface area (Å²) < 4.78 is 17.8. The maximum Gasteiger partial charge on any atom is 0.325 e. The molecular formula is C13H15FN2O5. The SMILES string of the molecule is CCCN(CC(=O)OC)C(=O)c1cc(F)cc([N+](=O)[O-])c1. The average Bonchev–Trinajstić information content (AvgIpc) is 2.45. The second kappa shape index (κ2) is 7.32. The van der Waals surface area contributed by atoms with Crippen LogP contribution in [0.4, 0.5) is 10.1 Å². The zero-order valence-corrected chi connectivity index (χ0v) is 11.7. The van der Waals surface area contributed by atoms with Crippen molar-refractivity contribution in [2.24, 2.45) is 0 Å². The molecule has 0 fully saturated rings. The molecule has 0 saturated heterocycles. The number of hydrogen-bond acceptors (Lipinski definition) is 5. The normalized spacial score (nSPS) is 10.0. The van der Waals surface area contributed by atoms with Crippen molar-refractivity contribution >= 4 is 17.6 Å². The van der Waals surface area contributed by atoms with Crippen LogP contribution in [-0.4, -0.2) is 41.9 Å². The number of ether oxygens (including phenoxy) is 1. The fraction of sp³-hybridized carbons (Fsp3) is 0.385. The summed E-state index contributed by atoms with van der Waals surface area (Å²) in [4.78, 5) is 34.6. The lowest BCUT2D eigenvalue weighted by atomic mass is 10.1. The molecule has 1 aromatic carbocycles. The van der Waals surface area contributed by atoms with Crippen LogP contribution < -0.4 is 0 Å². The van der Waals surface area contributed by atoms with Crippen LogP contribution in [0.5, 0.6) is 0 Å². The molecule has 0 spiro atoms. The zero-order valence-electron chi connectivity index (χ0n) is 11.7. The number of rotatable bonds is 6. The first-order chi connectivity index (χ1) is 9.88. The van der Waals surface area contributed by atoms with Gasteiger partial charge in [0.15, 0.2) is 0 Å². The Morgan fingerprint density at radius 2 is 2.05 bits per heavy atom. The van der Waals surface area contributed by atoms with Crippen molar-refractivity contribution in [3.63, 3.8) is 0 Å². The van der Waals surface area contributed by atoms with Gasteiger partial charge in [-0.2, -0.15) is 0 Å². The number of amides is 1. The molecular weight excluding hydrogens is 283 g/mol. The third-order valence-electron chi connectivity index (χ3n) is 2.67. The van der Waals surface area contributed by atoms with E-state index in [9.17, 15) is 24.1 Å². The number of nitro groups is 1. The van der Waals surface area contributed by atoms with Gasteiger partial charge in [-0.05, 0) is 12.5 Å². The van der Waals surface area contributed by atoms with E-state index in [0.717, 1.165) is 23.1 Å². The van der Waals surface area contributed by atoms with E-state index in [1.54, 1.807) is 6.92 Å². The Labute approximate surface area is 120 Å². The fourth-order valence-corrected chi connectivity index (χ4v) is 1.73. The van der Waals surface area contributed by atoms with Gasteiger partial charge in [0.25, 0.3) is 11.6 Å². The maximum atomic E-state index is 13.4. The smallest absolute Gasteiger partial charge is 0.325 e. The van der Waals surface area contributed by atoms with Gasteiger partial charge in [-0.15, -0.1) is 0 Å². The summed E-state index contributed by atoms with van der Waals surface area (Å²) in [6, 6.07) is 2.60. The largest absolute Gasteiger partial charge is 0.468 e. The first-order valence-electron chi connectivity index (χ1n) is 6.20. The molecule has 0 atom stereocenters. The summed E-state index contributed by atoms with van der Waals surface area (Å²) in [6.07, 6.45) is 0.570. The molecule has 0 N–H and O–H groups in total. The molecule has 0 aromatic heterocycles. The van der Waals surface area contributed by atoms with Crippen LogP contribution in [0.2, 0.25) is 0 Å². The molecule has 1 amide bonds. The van der Waals surface area contributed by atoms with Crippen molar-refractivity contribution in [3.05, 3.63) is 39.7 Å². The molecule has 0 radical (unpaired) electrons. The lowest BCUT2D eigenvalue weighted by Gasteiger charge is -2.20. The standard InChI is InChI=1S/C13H15FN2O5/c1-3-4-15(8-12(17)21-2)13(18)9-5-10(14)7-11(6-9)16(19)20/h5-7H,3-4,8H2,1-2H3. The van der Waals surface area contributed by atoms with E-state index in [1.165, 1.54) is 7.11 Å². The number of benzene rings is 1. The molecule has 21 heavy (non-hydrogen) atoms. The van der Waals surface area contributed by atoms with Crippen LogP contribution >= 0.6 is 0 Å². The number of non-ortho nitro benzene ring substituents is 1. The van der Waals surface area contributed by atoms with Crippen molar-refractivity contribution in [1.82, 2.24) is 4.90 Å². The monoisotopic (exact) mass is 298 g/mol. The number of esters is 1. The van der Waals surface area contributed by atoms with E-state index < -0.39 is 28.3 Å². The predicted octanol–water partition coefficient (Wildman–Crippen LogP) is 1.76. The highest BCUT2D eigenvalue weighted by Crippen LogP contribution is 2.18. The van der Waals surface area contributed by atoms with Crippen LogP contribution in [0.3, 0.4) is 0 Å². The average molecular weight is 298 g/mol. The van der Waals surface area contributed by atoms with E-state index in [-0.39, 0.29) is 18.7 Å². The maximum absolute atomic E-state index is 13.4. The quantitative estimate of drug-likeness (QED) is 0.453. The number of carbonyl (C=O) groups is 2. The molecule has 0 bridgehead atoms. The van der Waals surface area contributed by atoms with Crippen molar-refractivity contribution in [2.45, 2.75) is 13.3 Å². The molecule has 8 heteroatoms. The number of halogens is 1. The van der Waals surface area contributed by atoms with Gasteiger partial charge < -0.3 is 9.64 Å². The van der Waals surface area contributed by atoms with Gasteiger partial charge in [-0.3, -0.25) is 19.7 Å². The Morgan fingerprint density at radius 3 is 2.57 bits per heavy atom. The highest BCUT2D eigenvalue weighted by molar-refractivity contribution is 5.96. The van der Waals surface area contributed by atoms with Gasteiger partial charge in [-0.1, -0.05) is 6.92 Å². The summed E-state index contributed by atoms with van der Waals surface area (Å²) in [5.41, 5.74) is -0.702. The van der Waals surface area contributed by atoms with Crippen LogP contribution in [0.25, 0.3) is 0 Å². The lowest BCUT2D eigenvalue weighted by Crippen LogP contribution is -2.36. The topological polar surface area (TPSA) is 89.8 Å². The number of carbonyl (C=O) groups excluding carboxylic acids is 2. The lowest BCUT2D eigenvalue weighted by molar-refractivity contribution is -0.385. The van der Waals surface area contributed by atoms with Crippen LogP contribution in [0, 0.1) is 15.9 Å². The molecule has 0 unspecified atom stereocenters. The Morgan fingerprint density at radius 1 is 1.38 bits per heavy atom. The van der Waals surface area contributed by atoms with Gasteiger partial charge in [0, 0.05) is 18.2 Å². The van der Waals surface area contributed by atoms with Gasteiger partial charge in [-0.25, -0.2) is 4.39 Å². The highest BCUT2D eigenvalue weighted by Gasteiger charge is 2.21. The van der Waals surface area contributed by atoms with Gasteiger partial charge in [0.2, 0.25) is 0 Å². The van der Waals surface area contributed by atoms with Gasteiger partial charge >= 0.3 is 5.97 Å². The molecule has 0 aliphatic carbocycles. The number of hydrogen-bond donors (Lipinski definition) is 0. The van der Waals surface area contributed by atoms with Crippen LogP contribution in [-0.2, 0) is 9.53 Å². The molecule has 7 nitrogen and oxygen atoms in total. The third-order valence-corrected chi connectivity index (χ3v) is 2.67. The minimum Gasteiger partial charge on any atom is -0.468 e. The Kier molecular flexibility index (Phi) is 5.77. The highest BCUT2D eigenvalue weighted by atomic mass is 19.1. The molecule has 1 aromatic rings. The van der Waals surface area contributed by atoms with Gasteiger partial charge in [0.1, 0.15) is 12.4 Å². The Hall–Kier alpha value is -2.51. The molecule has 0 heterocycles. The minimum absolute atomic E-state index is 0.181. The summed E-state index contributed by atoms with van der Waals surface area (Å²) in [7, 11) is 1.18. The van der Waals surface area contributed by atoms with Crippen molar-refractivity contribution in [3.8, 4) is 0 Å². The number of methoxy groups -OCH3 is 1. The summed E-state index contributed by atoms with van der Waals surface area (Å²) >= 11 is 0. The van der Waals surface area contributed by atoms with Crippen molar-refractivity contribution in [2.75, 3.05) is 20.2 Å². The first kappa shape index (κ1) is 16.5. The third kappa shape index (κ3) is 4.51. The minimum atomic E-state index is -0.887. The Bertz CT molecular complexity index is 561. The fourth-order valence-electron chi connectivity index (χ4n) is 1.73.